The zero-order chi connectivity index (χ0) is 13.8. The summed E-state index contributed by atoms with van der Waals surface area (Å²) in [6, 6.07) is 0.763. The van der Waals surface area contributed by atoms with E-state index in [4.69, 9.17) is 4.98 Å². The molecule has 3 rings (SSSR count). The Balaban J connectivity index is 0.00000161. The molecule has 1 saturated carbocycles. The van der Waals surface area contributed by atoms with Gasteiger partial charge in [0.15, 0.2) is 0 Å². The third-order valence-corrected chi connectivity index (χ3v) is 5.33. The highest BCUT2D eigenvalue weighted by molar-refractivity contribution is 7.09. The molecule has 1 aliphatic heterocycles. The molecule has 1 aromatic heterocycles. The lowest BCUT2D eigenvalue weighted by Gasteiger charge is -2.31. The highest BCUT2D eigenvalue weighted by Crippen LogP contribution is 2.28. The van der Waals surface area contributed by atoms with E-state index in [-0.39, 0.29) is 12.4 Å². The summed E-state index contributed by atoms with van der Waals surface area (Å²) >= 11 is 1.84. The molecule has 3 nitrogen and oxygen atoms in total. The van der Waals surface area contributed by atoms with Crippen LogP contribution in [0.3, 0.4) is 0 Å². The Morgan fingerprint density at radius 3 is 2.71 bits per heavy atom. The van der Waals surface area contributed by atoms with Crippen molar-refractivity contribution in [1.82, 2.24) is 15.2 Å². The van der Waals surface area contributed by atoms with E-state index >= 15 is 0 Å². The van der Waals surface area contributed by atoms with Gasteiger partial charge in [-0.15, -0.1) is 23.7 Å². The van der Waals surface area contributed by atoms with Crippen molar-refractivity contribution in [1.29, 1.82) is 0 Å². The Bertz CT molecular complexity index is 411. The fourth-order valence-electron chi connectivity index (χ4n) is 2.93. The van der Waals surface area contributed by atoms with Gasteiger partial charge in [-0.2, -0.15) is 0 Å². The predicted molar refractivity (Wildman–Crippen MR) is 92.4 cm³/mol. The summed E-state index contributed by atoms with van der Waals surface area (Å²) in [5.41, 5.74) is 1.29. The Hall–Kier alpha value is -0.160. The first-order chi connectivity index (χ1) is 9.83. The minimum Gasteiger partial charge on any atom is -0.314 e. The van der Waals surface area contributed by atoms with Gasteiger partial charge in [0, 0.05) is 24.5 Å². The third-order valence-electron chi connectivity index (χ3n) is 4.44. The molecule has 2 heterocycles. The van der Waals surface area contributed by atoms with Crippen molar-refractivity contribution in [3.8, 4) is 0 Å². The van der Waals surface area contributed by atoms with Crippen LogP contribution in [0.4, 0.5) is 0 Å². The second-order valence-electron chi connectivity index (χ2n) is 6.38. The summed E-state index contributed by atoms with van der Waals surface area (Å²) in [4.78, 5) is 7.32. The van der Waals surface area contributed by atoms with Gasteiger partial charge < -0.3 is 5.32 Å². The van der Waals surface area contributed by atoms with Gasteiger partial charge in [-0.25, -0.2) is 4.98 Å². The van der Waals surface area contributed by atoms with Gasteiger partial charge in [-0.3, -0.25) is 4.90 Å². The average molecular weight is 330 g/mol. The molecule has 1 saturated heterocycles. The van der Waals surface area contributed by atoms with E-state index in [0.29, 0.717) is 0 Å². The van der Waals surface area contributed by atoms with Crippen molar-refractivity contribution in [3.63, 3.8) is 0 Å². The second kappa shape index (κ2) is 8.47. The van der Waals surface area contributed by atoms with Crippen LogP contribution in [0.1, 0.15) is 49.7 Å². The number of rotatable bonds is 7. The van der Waals surface area contributed by atoms with Crippen LogP contribution < -0.4 is 5.32 Å². The zero-order valence-electron chi connectivity index (χ0n) is 13.0. The van der Waals surface area contributed by atoms with Crippen LogP contribution >= 0.6 is 23.7 Å². The summed E-state index contributed by atoms with van der Waals surface area (Å²) < 4.78 is 0. The molecule has 1 aromatic rings. The molecule has 2 aliphatic rings. The van der Waals surface area contributed by atoms with Gasteiger partial charge >= 0.3 is 0 Å². The van der Waals surface area contributed by atoms with Crippen LogP contribution in [0, 0.1) is 5.92 Å². The number of piperidine rings is 1. The molecular formula is C16H28ClN3S. The molecule has 2 fully saturated rings. The third kappa shape index (κ3) is 5.51. The van der Waals surface area contributed by atoms with E-state index < -0.39 is 0 Å². The lowest BCUT2D eigenvalue weighted by Crippen LogP contribution is -2.42. The van der Waals surface area contributed by atoms with Crippen LogP contribution in [-0.4, -0.2) is 35.6 Å². The van der Waals surface area contributed by atoms with Crippen LogP contribution in [0.5, 0.6) is 0 Å². The first-order valence-electron chi connectivity index (χ1n) is 8.22. The number of hydrogen-bond acceptors (Lipinski definition) is 4. The number of nitrogens with one attached hydrogen (secondary N) is 1. The Morgan fingerprint density at radius 1 is 1.29 bits per heavy atom. The number of nitrogens with zero attached hydrogens (tertiary/aromatic N) is 2. The minimum atomic E-state index is 0. The van der Waals surface area contributed by atoms with Gasteiger partial charge in [0.2, 0.25) is 0 Å². The van der Waals surface area contributed by atoms with Crippen LogP contribution in [0.25, 0.3) is 0 Å². The molecule has 0 unspecified atom stereocenters. The Kier molecular flexibility index (Phi) is 6.93. The molecule has 120 valence electrons. The minimum absolute atomic E-state index is 0. The quantitative estimate of drug-likeness (QED) is 0.830. The largest absolute Gasteiger partial charge is 0.314 e. The van der Waals surface area contributed by atoms with Crippen LogP contribution in [-0.2, 0) is 13.0 Å². The zero-order valence-corrected chi connectivity index (χ0v) is 14.6. The maximum atomic E-state index is 4.74. The maximum absolute atomic E-state index is 4.74. The normalized spacial score (nSPS) is 20.4. The van der Waals surface area contributed by atoms with Crippen molar-refractivity contribution in [2.75, 3.05) is 19.6 Å². The van der Waals surface area contributed by atoms with E-state index in [1.165, 1.54) is 62.4 Å². The Labute approximate surface area is 138 Å². The lowest BCUT2D eigenvalue weighted by atomic mass is 10.0. The summed E-state index contributed by atoms with van der Waals surface area (Å²) in [6.45, 7) is 7.00. The van der Waals surface area contributed by atoms with E-state index in [1.54, 1.807) is 0 Å². The molecule has 0 spiro atoms. The van der Waals surface area contributed by atoms with E-state index in [2.05, 4.69) is 22.5 Å². The average Bonchev–Trinajstić information content (AvgIpc) is 3.19. The first-order valence-corrected chi connectivity index (χ1v) is 9.10. The number of aromatic nitrogens is 1. The summed E-state index contributed by atoms with van der Waals surface area (Å²) in [5, 5.41) is 7.29. The number of halogens is 1. The molecule has 0 amide bonds. The monoisotopic (exact) mass is 329 g/mol. The van der Waals surface area contributed by atoms with Gasteiger partial charge in [0.25, 0.3) is 0 Å². The Morgan fingerprint density at radius 2 is 2.05 bits per heavy atom. The van der Waals surface area contributed by atoms with E-state index in [9.17, 15) is 0 Å². The molecule has 1 aliphatic carbocycles. The first kappa shape index (κ1) is 17.2. The fraction of sp³-hybridized carbons (Fsp3) is 0.812. The maximum Gasteiger partial charge on any atom is 0.107 e. The van der Waals surface area contributed by atoms with Crippen LogP contribution in [0.15, 0.2) is 5.38 Å². The highest BCUT2D eigenvalue weighted by atomic mass is 35.5. The smallest absolute Gasteiger partial charge is 0.107 e. The standard InChI is InChI=1S/C16H27N3S.ClH/c1-2-3-15-12-20-16(18-15)11-19-8-6-14(7-9-19)17-10-13-4-5-13;/h12-14,17H,2-11H2,1H3;1H. The molecule has 0 bridgehead atoms. The van der Waals surface area contributed by atoms with Gasteiger partial charge in [0.1, 0.15) is 5.01 Å². The molecule has 5 heteroatoms. The van der Waals surface area contributed by atoms with Gasteiger partial charge in [-0.1, -0.05) is 13.3 Å². The lowest BCUT2D eigenvalue weighted by molar-refractivity contribution is 0.190. The molecular weight excluding hydrogens is 302 g/mol. The van der Waals surface area contributed by atoms with Gasteiger partial charge in [0.05, 0.1) is 12.2 Å². The van der Waals surface area contributed by atoms with E-state index in [1.807, 2.05) is 11.3 Å². The summed E-state index contributed by atoms with van der Waals surface area (Å²) in [7, 11) is 0. The number of aryl methyl sites for hydroxylation is 1. The fourth-order valence-corrected chi connectivity index (χ4v) is 3.80. The number of hydrogen-bond donors (Lipinski definition) is 1. The summed E-state index contributed by atoms with van der Waals surface area (Å²) in [6.07, 6.45) is 7.84. The van der Waals surface area contributed by atoms with Crippen LogP contribution in [0.2, 0.25) is 0 Å². The van der Waals surface area contributed by atoms with Crippen molar-refractivity contribution in [3.05, 3.63) is 16.1 Å². The van der Waals surface area contributed by atoms with E-state index in [0.717, 1.165) is 24.9 Å². The van der Waals surface area contributed by atoms with Crippen molar-refractivity contribution >= 4 is 23.7 Å². The predicted octanol–water partition coefficient (Wildman–Crippen LogP) is 3.48. The molecule has 0 radical (unpaired) electrons. The SMILES string of the molecule is CCCc1csc(CN2CCC(NCC3CC3)CC2)n1.Cl. The number of thiazole rings is 1. The summed E-state index contributed by atoms with van der Waals surface area (Å²) in [5.74, 6) is 1.00. The molecule has 0 atom stereocenters. The highest BCUT2D eigenvalue weighted by Gasteiger charge is 2.24. The molecule has 0 aromatic carbocycles. The van der Waals surface area contributed by atoms with Crippen molar-refractivity contribution < 1.29 is 0 Å². The van der Waals surface area contributed by atoms with Crippen molar-refractivity contribution in [2.24, 2.45) is 5.92 Å². The second-order valence-corrected chi connectivity index (χ2v) is 7.33. The topological polar surface area (TPSA) is 28.2 Å². The molecule has 21 heavy (non-hydrogen) atoms. The van der Waals surface area contributed by atoms with Gasteiger partial charge in [-0.05, 0) is 44.6 Å². The number of likely N-dealkylation sites (tertiary alicyclic amines) is 1. The molecule has 1 N–H and O–H groups in total. The van der Waals surface area contributed by atoms with Crippen molar-refractivity contribution in [2.45, 2.75) is 58.0 Å².